The number of ether oxygens (including phenoxy) is 2. The van der Waals surface area contributed by atoms with E-state index in [1.54, 1.807) is 12.3 Å². The second-order valence-electron chi connectivity index (χ2n) is 6.11. The third-order valence-electron chi connectivity index (χ3n) is 2.63. The Hall–Kier alpha value is -2.11. The molecule has 0 bridgehead atoms. The van der Waals surface area contributed by atoms with E-state index in [4.69, 9.17) is 9.47 Å². The molecule has 0 amide bonds. The molecule has 0 aromatic carbocycles. The summed E-state index contributed by atoms with van der Waals surface area (Å²) in [5.41, 5.74) is 0. The van der Waals surface area contributed by atoms with Crippen LogP contribution in [0.1, 0.15) is 39.4 Å². The highest BCUT2D eigenvalue weighted by atomic mass is 16.5. The summed E-state index contributed by atoms with van der Waals surface area (Å²) in [6, 6.07) is 1.68. The molecule has 0 saturated heterocycles. The quantitative estimate of drug-likeness (QED) is 0.835. The number of nitrogens with zero attached hydrogens (tertiary/aromatic N) is 3. The summed E-state index contributed by atoms with van der Waals surface area (Å²) < 4.78 is 11.9. The van der Waals surface area contributed by atoms with Crippen molar-refractivity contribution in [2.45, 2.75) is 34.6 Å². The molecule has 1 aliphatic heterocycles. The molecule has 0 aliphatic carbocycles. The van der Waals surface area contributed by atoms with E-state index in [0.29, 0.717) is 24.3 Å². The topological polar surface area (TPSA) is 65.7 Å². The zero-order valence-electron chi connectivity index (χ0n) is 14.7. The fourth-order valence-electron chi connectivity index (χ4n) is 1.51. The molecule has 6 heteroatoms. The van der Waals surface area contributed by atoms with Crippen LogP contribution in [-0.2, 0) is 4.74 Å². The maximum Gasteiger partial charge on any atom is 0.243 e. The summed E-state index contributed by atoms with van der Waals surface area (Å²) in [5.74, 6) is 2.22. The summed E-state index contributed by atoms with van der Waals surface area (Å²) in [6.07, 6.45) is 5.51. The molecule has 2 heterocycles. The maximum atomic E-state index is 10.8. The van der Waals surface area contributed by atoms with Crippen LogP contribution in [0.3, 0.4) is 0 Å². The predicted molar refractivity (Wildman–Crippen MR) is 91.1 cm³/mol. The Morgan fingerprint density at radius 2 is 1.87 bits per heavy atom. The van der Waals surface area contributed by atoms with Gasteiger partial charge in [0.1, 0.15) is 0 Å². The number of carbonyl (C=O) groups excluding carboxylic acids is 1. The smallest absolute Gasteiger partial charge is 0.243 e. The van der Waals surface area contributed by atoms with E-state index >= 15 is 0 Å². The fraction of sp³-hybridized carbons (Fsp3) is 0.588. The Morgan fingerprint density at radius 1 is 1.22 bits per heavy atom. The van der Waals surface area contributed by atoms with E-state index in [2.05, 4.69) is 37.8 Å². The summed E-state index contributed by atoms with van der Waals surface area (Å²) in [4.78, 5) is 14.9. The number of carbonyl (C=O) groups is 1. The van der Waals surface area contributed by atoms with E-state index in [1.807, 2.05) is 12.2 Å². The number of aliphatic imine (C=N–C) groups is 1. The van der Waals surface area contributed by atoms with Gasteiger partial charge in [0.2, 0.25) is 17.7 Å². The van der Waals surface area contributed by atoms with Crippen LogP contribution in [0.15, 0.2) is 29.4 Å². The SMILES string of the molecule is CC(=O)n1ccc(OCC(C)C)n1.CC(C)COC1=NCC=C1. The highest BCUT2D eigenvalue weighted by molar-refractivity contribution is 5.89. The second-order valence-corrected chi connectivity index (χ2v) is 6.11. The Bertz CT molecular complexity index is 545. The van der Waals surface area contributed by atoms with Crippen LogP contribution < -0.4 is 4.74 Å². The van der Waals surface area contributed by atoms with Crippen LogP contribution >= 0.6 is 0 Å². The summed E-state index contributed by atoms with van der Waals surface area (Å²) in [7, 11) is 0. The molecule has 0 radical (unpaired) electrons. The minimum atomic E-state index is -0.112. The zero-order chi connectivity index (χ0) is 17.2. The van der Waals surface area contributed by atoms with Crippen LogP contribution in [-0.4, -0.2) is 41.3 Å². The van der Waals surface area contributed by atoms with Crippen molar-refractivity contribution in [3.8, 4) is 5.88 Å². The predicted octanol–water partition coefficient (Wildman–Crippen LogP) is 3.21. The second kappa shape index (κ2) is 9.82. The molecule has 0 unspecified atom stereocenters. The van der Waals surface area contributed by atoms with Gasteiger partial charge in [-0.2, -0.15) is 0 Å². The van der Waals surface area contributed by atoms with Crippen molar-refractivity contribution in [1.82, 2.24) is 9.78 Å². The van der Waals surface area contributed by atoms with Crippen LogP contribution in [0.4, 0.5) is 0 Å². The van der Waals surface area contributed by atoms with Crippen molar-refractivity contribution >= 4 is 11.8 Å². The number of hydrogen-bond donors (Lipinski definition) is 0. The fourth-order valence-corrected chi connectivity index (χ4v) is 1.51. The van der Waals surface area contributed by atoms with Crippen LogP contribution in [0.2, 0.25) is 0 Å². The molecule has 128 valence electrons. The Kier molecular flexibility index (Phi) is 8.08. The molecule has 0 N–H and O–H groups in total. The standard InChI is InChI=1S/C9H14N2O2.C8H13NO/c1-7(2)6-13-9-4-5-11(10-9)8(3)12;1-7(2)6-10-8-4-3-5-9-8/h4-5,7H,6H2,1-3H3;3-4,7H,5-6H2,1-2H3. The van der Waals surface area contributed by atoms with E-state index in [0.717, 1.165) is 19.0 Å². The summed E-state index contributed by atoms with van der Waals surface area (Å²) in [5, 5.41) is 3.93. The highest BCUT2D eigenvalue weighted by Crippen LogP contribution is 2.07. The normalized spacial score (nSPS) is 12.9. The van der Waals surface area contributed by atoms with E-state index in [9.17, 15) is 4.79 Å². The Labute approximate surface area is 138 Å². The Balaban J connectivity index is 0.000000238. The number of aromatic nitrogens is 2. The van der Waals surface area contributed by atoms with Gasteiger partial charge in [-0.3, -0.25) is 4.79 Å². The molecule has 23 heavy (non-hydrogen) atoms. The minimum absolute atomic E-state index is 0.112. The van der Waals surface area contributed by atoms with Gasteiger partial charge >= 0.3 is 0 Å². The lowest BCUT2D eigenvalue weighted by Gasteiger charge is -2.05. The van der Waals surface area contributed by atoms with Crippen LogP contribution in [0, 0.1) is 11.8 Å². The molecule has 0 fully saturated rings. The van der Waals surface area contributed by atoms with Gasteiger partial charge in [0, 0.05) is 19.2 Å². The molecular weight excluding hydrogens is 294 g/mol. The van der Waals surface area contributed by atoms with Gasteiger partial charge in [-0.05, 0) is 17.9 Å². The minimum Gasteiger partial charge on any atom is -0.478 e. The molecule has 1 aliphatic rings. The number of rotatable bonds is 5. The Morgan fingerprint density at radius 3 is 2.35 bits per heavy atom. The summed E-state index contributed by atoms with van der Waals surface area (Å²) in [6.45, 7) is 12.0. The summed E-state index contributed by atoms with van der Waals surface area (Å²) >= 11 is 0. The molecule has 0 saturated carbocycles. The van der Waals surface area contributed by atoms with Crippen LogP contribution in [0.25, 0.3) is 0 Å². The average molecular weight is 321 g/mol. The van der Waals surface area contributed by atoms with Gasteiger partial charge in [0.15, 0.2) is 0 Å². The maximum absolute atomic E-state index is 10.8. The largest absolute Gasteiger partial charge is 0.478 e. The first kappa shape index (κ1) is 18.9. The van der Waals surface area contributed by atoms with Gasteiger partial charge in [-0.1, -0.05) is 33.8 Å². The lowest BCUT2D eigenvalue weighted by Crippen LogP contribution is -2.08. The van der Waals surface area contributed by atoms with Crippen LogP contribution in [0.5, 0.6) is 5.88 Å². The van der Waals surface area contributed by atoms with Crippen molar-refractivity contribution in [3.63, 3.8) is 0 Å². The van der Waals surface area contributed by atoms with Gasteiger partial charge in [0.25, 0.3) is 0 Å². The van der Waals surface area contributed by atoms with E-state index in [-0.39, 0.29) is 5.91 Å². The third-order valence-corrected chi connectivity index (χ3v) is 2.63. The lowest BCUT2D eigenvalue weighted by atomic mass is 10.2. The molecular formula is C17H27N3O3. The first-order valence-electron chi connectivity index (χ1n) is 7.91. The highest BCUT2D eigenvalue weighted by Gasteiger charge is 2.03. The van der Waals surface area contributed by atoms with Gasteiger partial charge in [-0.25, -0.2) is 9.67 Å². The van der Waals surface area contributed by atoms with Crippen molar-refractivity contribution in [2.75, 3.05) is 19.8 Å². The van der Waals surface area contributed by atoms with E-state index in [1.165, 1.54) is 11.6 Å². The molecule has 6 nitrogen and oxygen atoms in total. The van der Waals surface area contributed by atoms with Gasteiger partial charge in [0.05, 0.1) is 19.8 Å². The first-order chi connectivity index (χ1) is 10.9. The third kappa shape index (κ3) is 8.18. The van der Waals surface area contributed by atoms with Gasteiger partial charge < -0.3 is 9.47 Å². The monoisotopic (exact) mass is 321 g/mol. The lowest BCUT2D eigenvalue weighted by molar-refractivity contribution is 0.0918. The molecule has 0 spiro atoms. The molecule has 1 aromatic rings. The molecule has 1 aromatic heterocycles. The zero-order valence-corrected chi connectivity index (χ0v) is 14.7. The van der Waals surface area contributed by atoms with Gasteiger partial charge in [-0.15, -0.1) is 5.10 Å². The molecule has 0 atom stereocenters. The first-order valence-corrected chi connectivity index (χ1v) is 7.91. The van der Waals surface area contributed by atoms with Crippen molar-refractivity contribution < 1.29 is 14.3 Å². The van der Waals surface area contributed by atoms with Crippen molar-refractivity contribution in [3.05, 3.63) is 24.4 Å². The van der Waals surface area contributed by atoms with Crippen molar-refractivity contribution in [2.24, 2.45) is 16.8 Å². The average Bonchev–Trinajstić information content (AvgIpc) is 3.15. The van der Waals surface area contributed by atoms with E-state index < -0.39 is 0 Å². The molecule has 2 rings (SSSR count). The number of hydrogen-bond acceptors (Lipinski definition) is 5. The van der Waals surface area contributed by atoms with Crippen molar-refractivity contribution in [1.29, 1.82) is 0 Å².